The summed E-state index contributed by atoms with van der Waals surface area (Å²) in [7, 11) is 0. The minimum atomic E-state index is -0.488. The van der Waals surface area contributed by atoms with E-state index in [0.717, 1.165) is 0 Å². The molecule has 110 valence electrons. The van der Waals surface area contributed by atoms with Gasteiger partial charge in [0.15, 0.2) is 0 Å². The first-order valence-corrected chi connectivity index (χ1v) is 7.60. The Hall–Kier alpha value is -1.30. The fourth-order valence-electron chi connectivity index (χ4n) is 1.85. The van der Waals surface area contributed by atoms with Crippen LogP contribution in [0, 0.1) is 17.0 Å². The zero-order chi connectivity index (χ0) is 15.6. The van der Waals surface area contributed by atoms with Crippen molar-refractivity contribution in [3.63, 3.8) is 0 Å². The van der Waals surface area contributed by atoms with Crippen molar-refractivity contribution >= 4 is 44.8 Å². The first-order chi connectivity index (χ1) is 9.93. The Morgan fingerprint density at radius 3 is 2.71 bits per heavy atom. The predicted octanol–water partition coefficient (Wildman–Crippen LogP) is 5.85. The molecule has 2 aromatic rings. The third-order valence-electron chi connectivity index (χ3n) is 2.84. The lowest BCUT2D eigenvalue weighted by Crippen LogP contribution is -1.98. The minimum absolute atomic E-state index is 0.123. The third-order valence-corrected chi connectivity index (χ3v) is 3.92. The molecule has 0 aliphatic rings. The van der Waals surface area contributed by atoms with Crippen LogP contribution in [-0.4, -0.2) is 4.92 Å². The Morgan fingerprint density at radius 1 is 1.38 bits per heavy atom. The van der Waals surface area contributed by atoms with E-state index in [9.17, 15) is 10.1 Å². The highest BCUT2D eigenvalue weighted by atomic mass is 79.9. The van der Waals surface area contributed by atoms with Crippen LogP contribution in [0.5, 0.6) is 11.5 Å². The molecule has 0 aromatic heterocycles. The number of halogens is 3. The van der Waals surface area contributed by atoms with Gasteiger partial charge in [-0.1, -0.05) is 33.6 Å². The highest BCUT2D eigenvalue weighted by molar-refractivity contribution is 9.10. The van der Waals surface area contributed by atoms with Crippen LogP contribution < -0.4 is 4.74 Å². The first-order valence-electron chi connectivity index (χ1n) is 5.89. The number of benzene rings is 2. The van der Waals surface area contributed by atoms with Crippen LogP contribution in [0.3, 0.4) is 0 Å². The van der Waals surface area contributed by atoms with Gasteiger partial charge in [0.25, 0.3) is 0 Å². The van der Waals surface area contributed by atoms with Gasteiger partial charge in [-0.25, -0.2) is 0 Å². The van der Waals surface area contributed by atoms with E-state index in [1.165, 1.54) is 6.07 Å². The molecule has 0 saturated carbocycles. The van der Waals surface area contributed by atoms with E-state index in [0.29, 0.717) is 26.4 Å². The summed E-state index contributed by atoms with van der Waals surface area (Å²) in [5.74, 6) is 0.737. The molecule has 0 amide bonds. The van der Waals surface area contributed by atoms with Gasteiger partial charge >= 0.3 is 5.69 Å². The van der Waals surface area contributed by atoms with Crippen LogP contribution in [-0.2, 0) is 5.88 Å². The van der Waals surface area contributed by atoms with Crippen molar-refractivity contribution in [2.24, 2.45) is 0 Å². The van der Waals surface area contributed by atoms with Crippen molar-refractivity contribution in [1.82, 2.24) is 0 Å². The van der Waals surface area contributed by atoms with Crippen molar-refractivity contribution in [3.8, 4) is 11.5 Å². The summed E-state index contributed by atoms with van der Waals surface area (Å²) in [6.07, 6.45) is 0. The number of hydrogen-bond acceptors (Lipinski definition) is 3. The summed E-state index contributed by atoms with van der Waals surface area (Å²) >= 11 is 15.2. The van der Waals surface area contributed by atoms with Crippen LogP contribution in [0.1, 0.15) is 11.1 Å². The number of rotatable bonds is 4. The quantitative estimate of drug-likeness (QED) is 0.373. The van der Waals surface area contributed by atoms with Crippen LogP contribution in [0.25, 0.3) is 0 Å². The Balaban J connectivity index is 2.54. The standard InChI is InChI=1S/C14H10BrCl2NO3/c1-8-5-9(15)6-12(18(19)20)14(8)21-13-4-2-3-11(17)10(13)7-16/h2-6H,7H2,1H3. The number of nitro groups is 1. The van der Waals surface area contributed by atoms with Gasteiger partial charge in [-0.15, -0.1) is 11.6 Å². The maximum atomic E-state index is 11.2. The maximum absolute atomic E-state index is 11.2. The average molecular weight is 391 g/mol. The van der Waals surface area contributed by atoms with Crippen molar-refractivity contribution in [2.45, 2.75) is 12.8 Å². The summed E-state index contributed by atoms with van der Waals surface area (Å²) < 4.78 is 6.34. The van der Waals surface area contributed by atoms with Crippen molar-refractivity contribution in [2.75, 3.05) is 0 Å². The van der Waals surface area contributed by atoms with Gasteiger partial charge in [0.1, 0.15) is 5.75 Å². The summed E-state index contributed by atoms with van der Waals surface area (Å²) in [5.41, 5.74) is 1.11. The van der Waals surface area contributed by atoms with Gasteiger partial charge in [-0.3, -0.25) is 10.1 Å². The molecule has 7 heteroatoms. The van der Waals surface area contributed by atoms with Crippen molar-refractivity contribution in [1.29, 1.82) is 0 Å². The molecule has 0 aliphatic carbocycles. The van der Waals surface area contributed by atoms with Gasteiger partial charge in [0.2, 0.25) is 5.75 Å². The summed E-state index contributed by atoms with van der Waals surface area (Å²) in [5, 5.41) is 11.6. The van der Waals surface area contributed by atoms with Gasteiger partial charge in [0.05, 0.1) is 10.8 Å². The predicted molar refractivity (Wildman–Crippen MR) is 86.6 cm³/mol. The van der Waals surface area contributed by atoms with Crippen LogP contribution in [0.15, 0.2) is 34.8 Å². The van der Waals surface area contributed by atoms with Crippen LogP contribution in [0.2, 0.25) is 5.02 Å². The number of nitro benzene ring substituents is 1. The topological polar surface area (TPSA) is 52.4 Å². The van der Waals surface area contributed by atoms with Crippen LogP contribution in [0.4, 0.5) is 5.69 Å². The average Bonchev–Trinajstić information content (AvgIpc) is 2.41. The second kappa shape index (κ2) is 6.64. The van der Waals surface area contributed by atoms with E-state index in [1.54, 1.807) is 31.2 Å². The molecule has 0 atom stereocenters. The number of aryl methyl sites for hydroxylation is 1. The molecular formula is C14H10BrCl2NO3. The maximum Gasteiger partial charge on any atom is 0.312 e. The number of hydrogen-bond donors (Lipinski definition) is 0. The van der Waals surface area contributed by atoms with Gasteiger partial charge < -0.3 is 4.74 Å². The molecule has 2 rings (SSSR count). The van der Waals surface area contributed by atoms with Crippen molar-refractivity contribution in [3.05, 3.63) is 61.1 Å². The molecule has 2 aromatic carbocycles. The lowest BCUT2D eigenvalue weighted by molar-refractivity contribution is -0.385. The summed E-state index contributed by atoms with van der Waals surface area (Å²) in [6, 6.07) is 8.21. The molecule has 0 radical (unpaired) electrons. The Morgan fingerprint density at radius 2 is 2.10 bits per heavy atom. The van der Waals surface area contributed by atoms with E-state index in [2.05, 4.69) is 15.9 Å². The molecular weight excluding hydrogens is 381 g/mol. The van der Waals surface area contributed by atoms with E-state index < -0.39 is 4.92 Å². The monoisotopic (exact) mass is 389 g/mol. The molecule has 0 aliphatic heterocycles. The highest BCUT2D eigenvalue weighted by Gasteiger charge is 2.21. The summed E-state index contributed by atoms with van der Waals surface area (Å²) in [4.78, 5) is 10.7. The normalized spacial score (nSPS) is 10.5. The molecule has 0 saturated heterocycles. The third kappa shape index (κ3) is 3.48. The number of nitrogens with zero attached hydrogens (tertiary/aromatic N) is 1. The molecule has 0 heterocycles. The van der Waals surface area contributed by atoms with E-state index in [4.69, 9.17) is 27.9 Å². The molecule has 0 bridgehead atoms. The molecule has 4 nitrogen and oxygen atoms in total. The van der Waals surface area contributed by atoms with Crippen molar-refractivity contribution < 1.29 is 9.66 Å². The molecule has 0 unspecified atom stereocenters. The second-order valence-electron chi connectivity index (χ2n) is 4.28. The molecule has 0 spiro atoms. The lowest BCUT2D eigenvalue weighted by atomic mass is 10.2. The number of alkyl halides is 1. The van der Waals surface area contributed by atoms with Gasteiger partial charge in [-0.2, -0.15) is 0 Å². The zero-order valence-corrected chi connectivity index (χ0v) is 14.0. The van der Waals surface area contributed by atoms with E-state index in [1.807, 2.05) is 0 Å². The Bertz CT molecular complexity index is 707. The molecule has 0 fully saturated rings. The fourth-order valence-corrected chi connectivity index (χ4v) is 2.99. The lowest BCUT2D eigenvalue weighted by Gasteiger charge is -2.13. The molecule has 21 heavy (non-hydrogen) atoms. The Labute approximate surface area is 139 Å². The van der Waals surface area contributed by atoms with Gasteiger partial charge in [-0.05, 0) is 30.7 Å². The minimum Gasteiger partial charge on any atom is -0.449 e. The molecule has 0 N–H and O–H groups in total. The zero-order valence-electron chi connectivity index (χ0n) is 10.9. The summed E-state index contributed by atoms with van der Waals surface area (Å²) in [6.45, 7) is 1.73. The largest absolute Gasteiger partial charge is 0.449 e. The smallest absolute Gasteiger partial charge is 0.312 e. The van der Waals surface area contributed by atoms with Gasteiger partial charge in [0, 0.05) is 21.1 Å². The Kier molecular flexibility index (Phi) is 5.08. The van der Waals surface area contributed by atoms with E-state index >= 15 is 0 Å². The second-order valence-corrected chi connectivity index (χ2v) is 5.87. The van der Waals surface area contributed by atoms with E-state index in [-0.39, 0.29) is 17.3 Å². The number of ether oxygens (including phenoxy) is 1. The SMILES string of the molecule is Cc1cc(Br)cc([N+](=O)[O-])c1Oc1cccc(Cl)c1CCl. The first kappa shape index (κ1) is 16.1. The fraction of sp³-hybridized carbons (Fsp3) is 0.143. The highest BCUT2D eigenvalue weighted by Crippen LogP contribution is 2.39. The van der Waals surface area contributed by atoms with Crippen LogP contribution >= 0.6 is 39.1 Å².